The van der Waals surface area contributed by atoms with Crippen LogP contribution in [0.15, 0.2) is 34.7 Å². The van der Waals surface area contributed by atoms with Gasteiger partial charge in [-0.2, -0.15) is 0 Å². The van der Waals surface area contributed by atoms with Gasteiger partial charge in [-0.25, -0.2) is 0 Å². The third kappa shape index (κ3) is 3.35. The fourth-order valence-electron chi connectivity index (χ4n) is 1.58. The topological polar surface area (TPSA) is 88.0 Å². The standard InChI is InChI=1S/C14H13N3O2S/c15-5-1-2-10-4-7-20-13(10)9-17-14(19)11-8-16-6-3-12(11)18/h3-4,6-8H,5,9,15H2,(H,16,18)(H,17,19). The van der Waals surface area contributed by atoms with Crippen LogP contribution in [0.4, 0.5) is 0 Å². The summed E-state index contributed by atoms with van der Waals surface area (Å²) in [5, 5.41) is 4.61. The van der Waals surface area contributed by atoms with Crippen molar-refractivity contribution in [1.29, 1.82) is 0 Å². The Morgan fingerprint density at radius 2 is 2.30 bits per heavy atom. The molecule has 0 fully saturated rings. The number of rotatable bonds is 3. The number of hydrogen-bond acceptors (Lipinski definition) is 4. The predicted octanol–water partition coefficient (Wildman–Crippen LogP) is 0.677. The van der Waals surface area contributed by atoms with E-state index in [1.54, 1.807) is 0 Å². The lowest BCUT2D eigenvalue weighted by Crippen LogP contribution is -2.27. The molecule has 4 N–H and O–H groups in total. The zero-order valence-electron chi connectivity index (χ0n) is 10.6. The average molecular weight is 287 g/mol. The van der Waals surface area contributed by atoms with Crippen molar-refractivity contribution in [2.75, 3.05) is 6.54 Å². The van der Waals surface area contributed by atoms with E-state index in [-0.39, 0.29) is 11.0 Å². The fraction of sp³-hybridized carbons (Fsp3) is 0.143. The average Bonchev–Trinajstić information content (AvgIpc) is 2.90. The van der Waals surface area contributed by atoms with Gasteiger partial charge in [0.05, 0.1) is 13.1 Å². The Bertz CT molecular complexity index is 722. The van der Waals surface area contributed by atoms with Gasteiger partial charge in [0, 0.05) is 28.9 Å². The molecule has 0 radical (unpaired) electrons. The molecule has 20 heavy (non-hydrogen) atoms. The SMILES string of the molecule is NCC#Cc1ccsc1CNC(=O)c1c[nH]ccc1=O. The Labute approximate surface area is 119 Å². The first-order chi connectivity index (χ1) is 9.72. The van der Waals surface area contributed by atoms with E-state index in [0.717, 1.165) is 10.4 Å². The molecular formula is C14H13N3O2S. The Morgan fingerprint density at radius 3 is 3.05 bits per heavy atom. The molecule has 1 amide bonds. The highest BCUT2D eigenvalue weighted by molar-refractivity contribution is 7.10. The molecular weight excluding hydrogens is 274 g/mol. The molecule has 2 aromatic heterocycles. The third-order valence-corrected chi connectivity index (χ3v) is 3.47. The summed E-state index contributed by atoms with van der Waals surface area (Å²) in [6.07, 6.45) is 2.88. The number of amides is 1. The second-order valence-electron chi connectivity index (χ2n) is 3.87. The predicted molar refractivity (Wildman–Crippen MR) is 78.5 cm³/mol. The van der Waals surface area contributed by atoms with Gasteiger partial charge < -0.3 is 16.0 Å². The van der Waals surface area contributed by atoms with Gasteiger partial charge in [0.15, 0.2) is 5.43 Å². The Kier molecular flexibility index (Phi) is 4.71. The minimum Gasteiger partial charge on any atom is -0.367 e. The molecule has 2 rings (SSSR count). The van der Waals surface area contributed by atoms with Crippen LogP contribution in [-0.2, 0) is 6.54 Å². The van der Waals surface area contributed by atoms with Crippen molar-refractivity contribution in [3.63, 3.8) is 0 Å². The normalized spacial score (nSPS) is 9.65. The van der Waals surface area contributed by atoms with Crippen molar-refractivity contribution in [3.8, 4) is 11.8 Å². The maximum Gasteiger partial charge on any atom is 0.257 e. The van der Waals surface area contributed by atoms with Crippen LogP contribution in [0.3, 0.4) is 0 Å². The smallest absolute Gasteiger partial charge is 0.257 e. The van der Waals surface area contributed by atoms with Gasteiger partial charge in [-0.3, -0.25) is 9.59 Å². The molecule has 0 spiro atoms. The molecule has 5 nitrogen and oxygen atoms in total. The number of thiophene rings is 1. The van der Waals surface area contributed by atoms with Crippen molar-refractivity contribution in [2.45, 2.75) is 6.54 Å². The van der Waals surface area contributed by atoms with Gasteiger partial charge in [-0.05, 0) is 11.4 Å². The van der Waals surface area contributed by atoms with Crippen LogP contribution < -0.4 is 16.5 Å². The first-order valence-corrected chi connectivity index (χ1v) is 6.81. The molecule has 0 saturated heterocycles. The minimum absolute atomic E-state index is 0.0960. The van der Waals surface area contributed by atoms with Crippen LogP contribution >= 0.6 is 11.3 Å². The van der Waals surface area contributed by atoms with Gasteiger partial charge in [-0.15, -0.1) is 11.3 Å². The number of H-pyrrole nitrogens is 1. The fourth-order valence-corrected chi connectivity index (χ4v) is 2.35. The Hall–Kier alpha value is -2.36. The summed E-state index contributed by atoms with van der Waals surface area (Å²) in [5.41, 5.74) is 5.97. The first kappa shape index (κ1) is 14.1. The van der Waals surface area contributed by atoms with Gasteiger partial charge in [-0.1, -0.05) is 11.8 Å². The number of pyridine rings is 1. The summed E-state index contributed by atoms with van der Waals surface area (Å²) < 4.78 is 0. The van der Waals surface area contributed by atoms with Crippen molar-refractivity contribution in [1.82, 2.24) is 10.3 Å². The van der Waals surface area contributed by atoms with E-state index >= 15 is 0 Å². The summed E-state index contributed by atoms with van der Waals surface area (Å²) in [6, 6.07) is 3.20. The highest BCUT2D eigenvalue weighted by atomic mass is 32.1. The number of carbonyl (C=O) groups excluding carboxylic acids is 1. The van der Waals surface area contributed by atoms with Gasteiger partial charge >= 0.3 is 0 Å². The minimum atomic E-state index is -0.405. The van der Waals surface area contributed by atoms with Crippen molar-refractivity contribution in [2.24, 2.45) is 5.73 Å². The molecule has 0 bridgehead atoms. The molecule has 0 aromatic carbocycles. The maximum atomic E-state index is 11.9. The molecule has 0 aliphatic rings. The molecule has 0 atom stereocenters. The Morgan fingerprint density at radius 1 is 1.45 bits per heavy atom. The van der Waals surface area contributed by atoms with Crippen LogP contribution in [0.25, 0.3) is 0 Å². The van der Waals surface area contributed by atoms with Gasteiger partial charge in [0.2, 0.25) is 0 Å². The van der Waals surface area contributed by atoms with Crippen molar-refractivity contribution < 1.29 is 4.79 Å². The van der Waals surface area contributed by atoms with Crippen LogP contribution in [0.1, 0.15) is 20.8 Å². The number of aromatic nitrogens is 1. The maximum absolute atomic E-state index is 11.9. The summed E-state index contributed by atoms with van der Waals surface area (Å²) in [5.74, 6) is 5.32. The van der Waals surface area contributed by atoms with E-state index in [2.05, 4.69) is 22.1 Å². The van der Waals surface area contributed by atoms with E-state index in [1.807, 2.05) is 11.4 Å². The number of nitrogens with two attached hydrogens (primary N) is 1. The number of aromatic amines is 1. The monoisotopic (exact) mass is 287 g/mol. The summed E-state index contributed by atoms with van der Waals surface area (Å²) in [7, 11) is 0. The highest BCUT2D eigenvalue weighted by Gasteiger charge is 2.10. The summed E-state index contributed by atoms with van der Waals surface area (Å²) >= 11 is 1.50. The van der Waals surface area contributed by atoms with Crippen LogP contribution in [-0.4, -0.2) is 17.4 Å². The molecule has 0 aliphatic carbocycles. The lowest BCUT2D eigenvalue weighted by Gasteiger charge is -2.03. The van der Waals surface area contributed by atoms with E-state index in [4.69, 9.17) is 5.73 Å². The second-order valence-corrected chi connectivity index (χ2v) is 4.87. The molecule has 0 unspecified atom stereocenters. The third-order valence-electron chi connectivity index (χ3n) is 2.55. The van der Waals surface area contributed by atoms with Crippen molar-refractivity contribution >= 4 is 17.2 Å². The van der Waals surface area contributed by atoms with Gasteiger partial charge in [0.1, 0.15) is 5.56 Å². The highest BCUT2D eigenvalue weighted by Crippen LogP contribution is 2.15. The zero-order chi connectivity index (χ0) is 14.4. The van der Waals surface area contributed by atoms with E-state index < -0.39 is 5.91 Å². The molecule has 102 valence electrons. The van der Waals surface area contributed by atoms with Gasteiger partial charge in [0.25, 0.3) is 5.91 Å². The van der Waals surface area contributed by atoms with Crippen molar-refractivity contribution in [3.05, 3.63) is 56.1 Å². The quantitative estimate of drug-likeness (QED) is 0.725. The Balaban J connectivity index is 2.06. The zero-order valence-corrected chi connectivity index (χ0v) is 11.4. The summed E-state index contributed by atoms with van der Waals surface area (Å²) in [4.78, 5) is 27.1. The summed E-state index contributed by atoms with van der Waals surface area (Å²) in [6.45, 7) is 0.625. The van der Waals surface area contributed by atoms with E-state index in [1.165, 1.54) is 29.8 Å². The molecule has 2 heterocycles. The van der Waals surface area contributed by atoms with Crippen LogP contribution in [0, 0.1) is 11.8 Å². The first-order valence-electron chi connectivity index (χ1n) is 5.93. The van der Waals surface area contributed by atoms with Crippen LogP contribution in [0.5, 0.6) is 0 Å². The number of nitrogens with one attached hydrogen (secondary N) is 2. The van der Waals surface area contributed by atoms with E-state index in [9.17, 15) is 9.59 Å². The number of hydrogen-bond donors (Lipinski definition) is 3. The molecule has 6 heteroatoms. The second kappa shape index (κ2) is 6.70. The van der Waals surface area contributed by atoms with Crippen LogP contribution in [0.2, 0.25) is 0 Å². The lowest BCUT2D eigenvalue weighted by molar-refractivity contribution is 0.0950. The lowest BCUT2D eigenvalue weighted by atomic mass is 10.2. The van der Waals surface area contributed by atoms with E-state index in [0.29, 0.717) is 13.1 Å². The largest absolute Gasteiger partial charge is 0.367 e. The molecule has 0 saturated carbocycles. The molecule has 0 aliphatic heterocycles. The molecule has 2 aromatic rings. The number of carbonyl (C=O) groups is 1.